The Bertz CT molecular complexity index is 1060. The number of nitrogens with zero attached hydrogens (tertiary/aromatic N) is 3. The molecule has 6 nitrogen and oxygen atoms in total. The molecule has 1 aliphatic carbocycles. The highest BCUT2D eigenvalue weighted by Gasteiger charge is 2.25. The topological polar surface area (TPSA) is 85.8 Å². The molecule has 1 atom stereocenters. The number of nitrogens with one attached hydrogen (secondary N) is 1. The first-order chi connectivity index (χ1) is 13.9. The molecule has 2 aromatic carbocycles. The van der Waals surface area contributed by atoms with Gasteiger partial charge in [-0.3, -0.25) is 4.79 Å². The number of anilines is 1. The van der Waals surface area contributed by atoms with Crippen molar-refractivity contribution in [1.82, 2.24) is 20.1 Å². The van der Waals surface area contributed by atoms with Crippen LogP contribution in [0.2, 0.25) is 0 Å². The van der Waals surface area contributed by atoms with Gasteiger partial charge in [-0.1, -0.05) is 26.0 Å². The fourth-order valence-electron chi connectivity index (χ4n) is 3.80. The highest BCUT2D eigenvalue weighted by atomic mass is 19.1. The van der Waals surface area contributed by atoms with E-state index in [9.17, 15) is 9.18 Å². The number of aromatic nitrogens is 3. The van der Waals surface area contributed by atoms with Crippen LogP contribution in [0.1, 0.15) is 66.2 Å². The average Bonchev–Trinajstić information content (AvgIpc) is 3.14. The van der Waals surface area contributed by atoms with Gasteiger partial charge >= 0.3 is 0 Å². The summed E-state index contributed by atoms with van der Waals surface area (Å²) in [7, 11) is 0. The van der Waals surface area contributed by atoms with E-state index < -0.39 is 0 Å². The fraction of sp³-hybridized carbons (Fsp3) is 0.318. The van der Waals surface area contributed by atoms with Crippen molar-refractivity contribution in [1.29, 1.82) is 0 Å². The zero-order chi connectivity index (χ0) is 20.5. The minimum atomic E-state index is -0.364. The van der Waals surface area contributed by atoms with Crippen molar-refractivity contribution in [2.45, 2.75) is 45.1 Å². The molecule has 150 valence electrons. The first-order valence-corrected chi connectivity index (χ1v) is 9.84. The largest absolute Gasteiger partial charge is 0.399 e. The molecule has 1 amide bonds. The normalized spacial score (nSPS) is 15.9. The van der Waals surface area contributed by atoms with E-state index in [1.165, 1.54) is 22.4 Å². The second kappa shape index (κ2) is 7.66. The lowest BCUT2D eigenvalue weighted by Crippen LogP contribution is -2.31. The molecular formula is C22H24FN5O. The van der Waals surface area contributed by atoms with Crippen molar-refractivity contribution >= 4 is 11.6 Å². The third-order valence-corrected chi connectivity index (χ3v) is 5.19. The molecule has 29 heavy (non-hydrogen) atoms. The smallest absolute Gasteiger partial charge is 0.291 e. The number of hydrogen-bond acceptors (Lipinski definition) is 4. The molecule has 1 unspecified atom stereocenters. The predicted octanol–water partition coefficient (Wildman–Crippen LogP) is 3.92. The Morgan fingerprint density at radius 2 is 2.10 bits per heavy atom. The van der Waals surface area contributed by atoms with Crippen molar-refractivity contribution in [3.8, 4) is 5.69 Å². The molecule has 0 spiro atoms. The monoisotopic (exact) mass is 393 g/mol. The number of nitrogens with two attached hydrogens (primary N) is 1. The number of fused-ring (bicyclic) bond motifs is 1. The Hall–Kier alpha value is -3.22. The Kier molecular flexibility index (Phi) is 5.05. The van der Waals surface area contributed by atoms with Crippen molar-refractivity contribution in [3.05, 3.63) is 71.1 Å². The lowest BCUT2D eigenvalue weighted by Gasteiger charge is -2.26. The first-order valence-electron chi connectivity index (χ1n) is 9.84. The van der Waals surface area contributed by atoms with E-state index in [2.05, 4.69) is 15.4 Å². The van der Waals surface area contributed by atoms with Gasteiger partial charge in [0.15, 0.2) is 0 Å². The highest BCUT2D eigenvalue weighted by molar-refractivity contribution is 5.90. The summed E-state index contributed by atoms with van der Waals surface area (Å²) in [5, 5.41) is 7.45. The molecule has 0 bridgehead atoms. The number of halogens is 1. The molecule has 4 rings (SSSR count). The number of carbonyl (C=O) groups excluding carboxylic acids is 1. The van der Waals surface area contributed by atoms with Gasteiger partial charge in [-0.05, 0) is 60.7 Å². The molecule has 0 radical (unpaired) electrons. The molecule has 7 heteroatoms. The number of hydrogen-bond donors (Lipinski definition) is 2. The number of carbonyl (C=O) groups is 1. The first kappa shape index (κ1) is 19.1. The molecule has 1 aliphatic rings. The summed E-state index contributed by atoms with van der Waals surface area (Å²) >= 11 is 0. The van der Waals surface area contributed by atoms with Gasteiger partial charge in [-0.2, -0.15) is 0 Å². The Labute approximate surface area is 169 Å². The molecule has 1 aromatic heterocycles. The van der Waals surface area contributed by atoms with E-state index in [1.54, 1.807) is 12.1 Å². The van der Waals surface area contributed by atoms with Crippen molar-refractivity contribution in [3.63, 3.8) is 0 Å². The van der Waals surface area contributed by atoms with Crippen molar-refractivity contribution in [2.24, 2.45) is 0 Å². The molecule has 0 fully saturated rings. The van der Waals surface area contributed by atoms with Crippen molar-refractivity contribution in [2.75, 3.05) is 5.73 Å². The maximum absolute atomic E-state index is 13.7. The molecule has 3 aromatic rings. The van der Waals surface area contributed by atoms with E-state index in [-0.39, 0.29) is 29.5 Å². The molecule has 0 aliphatic heterocycles. The lowest BCUT2D eigenvalue weighted by atomic mass is 9.87. The zero-order valence-electron chi connectivity index (χ0n) is 16.5. The maximum atomic E-state index is 13.7. The summed E-state index contributed by atoms with van der Waals surface area (Å²) in [5.74, 6) is 0.0114. The summed E-state index contributed by atoms with van der Waals surface area (Å²) in [4.78, 5) is 17.4. The maximum Gasteiger partial charge on any atom is 0.291 e. The average molecular weight is 393 g/mol. The summed E-state index contributed by atoms with van der Waals surface area (Å²) in [6, 6.07) is 11.8. The van der Waals surface area contributed by atoms with E-state index >= 15 is 0 Å². The van der Waals surface area contributed by atoms with Crippen LogP contribution in [-0.2, 0) is 6.42 Å². The van der Waals surface area contributed by atoms with E-state index in [4.69, 9.17) is 5.73 Å². The number of aryl methyl sites for hydroxylation is 1. The van der Waals surface area contributed by atoms with E-state index in [0.29, 0.717) is 11.5 Å². The fourth-order valence-corrected chi connectivity index (χ4v) is 3.80. The second-order valence-electron chi connectivity index (χ2n) is 7.72. The molecule has 3 N–H and O–H groups in total. The van der Waals surface area contributed by atoms with Crippen LogP contribution in [0, 0.1) is 5.82 Å². The van der Waals surface area contributed by atoms with Crippen LogP contribution in [0.5, 0.6) is 0 Å². The minimum Gasteiger partial charge on any atom is -0.399 e. The van der Waals surface area contributed by atoms with E-state index in [0.717, 1.165) is 30.5 Å². The van der Waals surface area contributed by atoms with E-state index in [1.807, 2.05) is 32.0 Å². The Balaban J connectivity index is 1.63. The van der Waals surface area contributed by atoms with Crippen LogP contribution >= 0.6 is 0 Å². The Morgan fingerprint density at radius 3 is 2.86 bits per heavy atom. The van der Waals surface area contributed by atoms with Gasteiger partial charge in [0.1, 0.15) is 11.6 Å². The van der Waals surface area contributed by atoms with Gasteiger partial charge < -0.3 is 11.1 Å². The van der Waals surface area contributed by atoms with Crippen LogP contribution in [0.15, 0.2) is 42.5 Å². The minimum absolute atomic E-state index is 0.0192. The third kappa shape index (κ3) is 3.85. The van der Waals surface area contributed by atoms with Gasteiger partial charge in [0.2, 0.25) is 5.82 Å². The van der Waals surface area contributed by atoms with Gasteiger partial charge in [-0.15, -0.1) is 5.10 Å². The summed E-state index contributed by atoms with van der Waals surface area (Å²) < 4.78 is 15.2. The quantitative estimate of drug-likeness (QED) is 0.658. The van der Waals surface area contributed by atoms with Gasteiger partial charge in [0, 0.05) is 11.6 Å². The van der Waals surface area contributed by atoms with Crippen LogP contribution in [0.3, 0.4) is 0 Å². The van der Waals surface area contributed by atoms with Gasteiger partial charge in [-0.25, -0.2) is 14.1 Å². The van der Waals surface area contributed by atoms with Crippen LogP contribution < -0.4 is 11.1 Å². The number of nitrogen functional groups attached to an aromatic ring is 1. The summed E-state index contributed by atoms with van der Waals surface area (Å²) in [5.41, 5.74) is 9.43. The Morgan fingerprint density at radius 1 is 1.28 bits per heavy atom. The molecule has 0 saturated heterocycles. The van der Waals surface area contributed by atoms with Gasteiger partial charge in [0.25, 0.3) is 5.91 Å². The van der Waals surface area contributed by atoms with Crippen LogP contribution in [0.25, 0.3) is 5.69 Å². The predicted molar refractivity (Wildman–Crippen MR) is 109 cm³/mol. The van der Waals surface area contributed by atoms with Crippen LogP contribution in [0.4, 0.5) is 10.1 Å². The third-order valence-electron chi connectivity index (χ3n) is 5.19. The summed E-state index contributed by atoms with van der Waals surface area (Å²) in [6.45, 7) is 3.92. The highest BCUT2D eigenvalue weighted by Crippen LogP contribution is 2.31. The molecule has 0 saturated carbocycles. The number of amides is 1. The van der Waals surface area contributed by atoms with Crippen LogP contribution in [-0.4, -0.2) is 20.7 Å². The number of rotatable bonds is 4. The molecule has 1 heterocycles. The zero-order valence-corrected chi connectivity index (χ0v) is 16.5. The SMILES string of the molecule is CC(C)c1nc(C(=O)NC2CCCc3cc(N)ccc32)nn1-c1cccc(F)c1. The summed E-state index contributed by atoms with van der Waals surface area (Å²) in [6.07, 6.45) is 2.78. The second-order valence-corrected chi connectivity index (χ2v) is 7.72. The molecular weight excluding hydrogens is 369 g/mol. The standard InChI is InChI=1S/C22H24FN5O/c1-13(2)21-26-20(27-28(21)17-7-4-6-15(23)12-17)22(29)25-19-8-3-5-14-11-16(24)9-10-18(14)19/h4,6-7,9-13,19H,3,5,8,24H2,1-2H3,(H,25,29). The number of benzene rings is 2. The lowest BCUT2D eigenvalue weighted by molar-refractivity contribution is 0.0922. The van der Waals surface area contributed by atoms with Gasteiger partial charge in [0.05, 0.1) is 11.7 Å². The van der Waals surface area contributed by atoms with Crippen molar-refractivity contribution < 1.29 is 9.18 Å².